The summed E-state index contributed by atoms with van der Waals surface area (Å²) in [5, 5.41) is 3.27. The maximum Gasteiger partial charge on any atom is 0.243 e. The highest BCUT2D eigenvalue weighted by molar-refractivity contribution is 9.10. The molecule has 4 nitrogen and oxygen atoms in total. The van der Waals surface area contributed by atoms with E-state index in [-0.39, 0.29) is 24.3 Å². The molecular formula is C31H35BrN2O2. The number of hydrogen-bond donors (Lipinski definition) is 1. The molecule has 0 bridgehead atoms. The fourth-order valence-corrected chi connectivity index (χ4v) is 5.46. The Bertz CT molecular complexity index is 1190. The first-order chi connectivity index (χ1) is 17.4. The summed E-state index contributed by atoms with van der Waals surface area (Å²) in [6.45, 7) is 4.45. The molecule has 188 valence electrons. The van der Waals surface area contributed by atoms with E-state index in [2.05, 4.69) is 39.4 Å². The third-order valence-corrected chi connectivity index (χ3v) is 7.55. The second kappa shape index (κ2) is 12.4. The minimum atomic E-state index is -0.593. The van der Waals surface area contributed by atoms with Crippen LogP contribution in [0.2, 0.25) is 0 Å². The molecule has 0 saturated heterocycles. The number of rotatable bonds is 9. The van der Waals surface area contributed by atoms with Crippen molar-refractivity contribution in [1.82, 2.24) is 10.2 Å². The highest BCUT2D eigenvalue weighted by Crippen LogP contribution is 2.22. The van der Waals surface area contributed by atoms with Gasteiger partial charge in [-0.05, 0) is 61.1 Å². The number of aryl methyl sites for hydroxylation is 2. The maximum atomic E-state index is 14.0. The van der Waals surface area contributed by atoms with Gasteiger partial charge in [-0.2, -0.15) is 0 Å². The van der Waals surface area contributed by atoms with Crippen LogP contribution in [0, 0.1) is 13.8 Å². The molecule has 0 radical (unpaired) electrons. The lowest BCUT2D eigenvalue weighted by atomic mass is 9.99. The van der Waals surface area contributed by atoms with E-state index in [0.717, 1.165) is 58.0 Å². The quantitative estimate of drug-likeness (QED) is 0.342. The van der Waals surface area contributed by atoms with Crippen LogP contribution in [0.3, 0.4) is 0 Å². The van der Waals surface area contributed by atoms with E-state index in [1.807, 2.05) is 68.4 Å². The maximum absolute atomic E-state index is 14.0. The molecule has 0 aliphatic heterocycles. The van der Waals surface area contributed by atoms with Gasteiger partial charge in [0.15, 0.2) is 0 Å². The summed E-state index contributed by atoms with van der Waals surface area (Å²) in [5.74, 6) is -0.0961. The predicted octanol–water partition coefficient (Wildman–Crippen LogP) is 6.31. The Kier molecular flexibility index (Phi) is 8.98. The van der Waals surface area contributed by atoms with Crippen molar-refractivity contribution in [1.29, 1.82) is 0 Å². The zero-order valence-electron chi connectivity index (χ0n) is 21.2. The van der Waals surface area contributed by atoms with Gasteiger partial charge in [0.25, 0.3) is 0 Å². The van der Waals surface area contributed by atoms with Gasteiger partial charge in [0.2, 0.25) is 11.8 Å². The Morgan fingerprint density at radius 1 is 0.944 bits per heavy atom. The van der Waals surface area contributed by atoms with Crippen molar-refractivity contribution in [3.63, 3.8) is 0 Å². The van der Waals surface area contributed by atoms with Crippen molar-refractivity contribution in [2.24, 2.45) is 0 Å². The van der Waals surface area contributed by atoms with Crippen LogP contribution in [0.1, 0.15) is 53.5 Å². The van der Waals surface area contributed by atoms with E-state index in [1.54, 1.807) is 4.90 Å². The number of halogens is 1. The highest BCUT2D eigenvalue weighted by Gasteiger charge is 2.32. The molecule has 1 N–H and O–H groups in total. The summed E-state index contributed by atoms with van der Waals surface area (Å²) < 4.78 is 0.956. The highest BCUT2D eigenvalue weighted by atomic mass is 79.9. The standard InChI is InChI=1S/C31H35BrN2O2/c1-22-15-16-23(2)26(17-22)20-30(35)34(21-25-11-8-12-27(32)18-25)29(19-24-9-4-3-5-10-24)31(36)33-28-13-6-7-14-28/h3-5,8-12,15-18,28-29H,6-7,13-14,19-21H2,1-2H3,(H,33,36)/t29-/m1/s1. The van der Waals surface area contributed by atoms with Crippen LogP contribution in [-0.2, 0) is 29.0 Å². The summed E-state index contributed by atoms with van der Waals surface area (Å²) in [4.78, 5) is 29.5. The summed E-state index contributed by atoms with van der Waals surface area (Å²) in [6.07, 6.45) is 5.04. The fourth-order valence-electron chi connectivity index (χ4n) is 5.01. The average molecular weight is 548 g/mol. The van der Waals surface area contributed by atoms with Gasteiger partial charge in [0.1, 0.15) is 6.04 Å². The van der Waals surface area contributed by atoms with Crippen LogP contribution >= 0.6 is 15.9 Å². The molecule has 0 heterocycles. The van der Waals surface area contributed by atoms with E-state index in [1.165, 1.54) is 0 Å². The third kappa shape index (κ3) is 7.07. The van der Waals surface area contributed by atoms with Crippen LogP contribution in [0.4, 0.5) is 0 Å². The Labute approximate surface area is 223 Å². The number of carbonyl (C=O) groups is 2. The number of nitrogens with zero attached hydrogens (tertiary/aromatic N) is 1. The number of nitrogens with one attached hydrogen (secondary N) is 1. The van der Waals surface area contributed by atoms with E-state index < -0.39 is 6.04 Å². The monoisotopic (exact) mass is 546 g/mol. The molecule has 1 fully saturated rings. The second-order valence-corrected chi connectivity index (χ2v) is 10.9. The lowest BCUT2D eigenvalue weighted by Crippen LogP contribution is -2.52. The van der Waals surface area contributed by atoms with Crippen LogP contribution in [0.15, 0.2) is 77.3 Å². The van der Waals surface area contributed by atoms with E-state index in [4.69, 9.17) is 0 Å². The fraction of sp³-hybridized carbons (Fsp3) is 0.355. The molecule has 0 unspecified atom stereocenters. The topological polar surface area (TPSA) is 49.4 Å². The molecule has 1 aliphatic carbocycles. The number of benzene rings is 3. The normalized spacial score (nSPS) is 14.4. The zero-order valence-corrected chi connectivity index (χ0v) is 22.8. The molecule has 1 atom stereocenters. The van der Waals surface area contributed by atoms with E-state index in [0.29, 0.717) is 13.0 Å². The van der Waals surface area contributed by atoms with Crippen molar-refractivity contribution < 1.29 is 9.59 Å². The second-order valence-electron chi connectivity index (χ2n) is 9.95. The molecule has 5 heteroatoms. The number of carbonyl (C=O) groups excluding carboxylic acids is 2. The first kappa shape index (κ1) is 26.2. The first-order valence-corrected chi connectivity index (χ1v) is 13.6. The zero-order chi connectivity index (χ0) is 25.5. The summed E-state index contributed by atoms with van der Waals surface area (Å²) in [7, 11) is 0. The summed E-state index contributed by atoms with van der Waals surface area (Å²) in [5.41, 5.74) is 5.26. The first-order valence-electron chi connectivity index (χ1n) is 12.8. The number of amides is 2. The molecule has 0 aromatic heterocycles. The molecule has 0 spiro atoms. The Balaban J connectivity index is 1.68. The lowest BCUT2D eigenvalue weighted by Gasteiger charge is -2.32. The van der Waals surface area contributed by atoms with Crippen LogP contribution in [0.25, 0.3) is 0 Å². The van der Waals surface area contributed by atoms with Gasteiger partial charge in [-0.25, -0.2) is 0 Å². The summed E-state index contributed by atoms with van der Waals surface area (Å²) in [6, 6.07) is 23.8. The van der Waals surface area contributed by atoms with Crippen molar-refractivity contribution in [3.05, 3.63) is 105 Å². The van der Waals surface area contributed by atoms with Crippen molar-refractivity contribution in [2.75, 3.05) is 0 Å². The van der Waals surface area contributed by atoms with Gasteiger partial charge in [0, 0.05) is 23.5 Å². The van der Waals surface area contributed by atoms with Crippen LogP contribution in [-0.4, -0.2) is 28.8 Å². The van der Waals surface area contributed by atoms with Gasteiger partial charge in [-0.3, -0.25) is 9.59 Å². The smallest absolute Gasteiger partial charge is 0.243 e. The number of hydrogen-bond acceptors (Lipinski definition) is 2. The Morgan fingerprint density at radius 3 is 2.39 bits per heavy atom. The van der Waals surface area contributed by atoms with Crippen molar-refractivity contribution in [3.8, 4) is 0 Å². The Hall–Kier alpha value is -2.92. The molecule has 2 amide bonds. The van der Waals surface area contributed by atoms with Crippen LogP contribution in [0.5, 0.6) is 0 Å². The average Bonchev–Trinajstić information content (AvgIpc) is 3.37. The summed E-state index contributed by atoms with van der Waals surface area (Å²) >= 11 is 3.56. The minimum Gasteiger partial charge on any atom is -0.352 e. The SMILES string of the molecule is Cc1ccc(C)c(CC(=O)N(Cc2cccc(Br)c2)[C@H](Cc2ccccc2)C(=O)NC2CCCC2)c1. The molecule has 3 aromatic carbocycles. The molecule has 1 aliphatic rings. The third-order valence-electron chi connectivity index (χ3n) is 7.06. The van der Waals surface area contributed by atoms with Crippen molar-refractivity contribution >= 4 is 27.7 Å². The largest absolute Gasteiger partial charge is 0.352 e. The molecule has 3 aromatic rings. The molecule has 4 rings (SSSR count). The molecule has 1 saturated carbocycles. The van der Waals surface area contributed by atoms with E-state index in [9.17, 15) is 9.59 Å². The van der Waals surface area contributed by atoms with Gasteiger partial charge in [0.05, 0.1) is 6.42 Å². The minimum absolute atomic E-state index is 0.0359. The lowest BCUT2D eigenvalue weighted by molar-refractivity contribution is -0.141. The van der Waals surface area contributed by atoms with Crippen LogP contribution < -0.4 is 5.32 Å². The van der Waals surface area contributed by atoms with E-state index >= 15 is 0 Å². The molecule has 36 heavy (non-hydrogen) atoms. The van der Waals surface area contributed by atoms with Gasteiger partial charge >= 0.3 is 0 Å². The van der Waals surface area contributed by atoms with Crippen molar-refractivity contribution in [2.45, 2.75) is 71.0 Å². The Morgan fingerprint density at radius 2 is 1.67 bits per heavy atom. The van der Waals surface area contributed by atoms with Gasteiger partial charge < -0.3 is 10.2 Å². The van der Waals surface area contributed by atoms with Gasteiger partial charge in [-0.15, -0.1) is 0 Å². The molecular weight excluding hydrogens is 512 g/mol. The predicted molar refractivity (Wildman–Crippen MR) is 149 cm³/mol. The van der Waals surface area contributed by atoms with Gasteiger partial charge in [-0.1, -0.05) is 95.0 Å².